The van der Waals surface area contributed by atoms with Crippen LogP contribution in [0.4, 0.5) is 5.69 Å². The number of nitrogen functional groups attached to an aromatic ring is 1. The van der Waals surface area contributed by atoms with E-state index < -0.39 is 0 Å². The molecule has 0 saturated heterocycles. The van der Waals surface area contributed by atoms with Crippen LogP contribution >= 0.6 is 0 Å². The van der Waals surface area contributed by atoms with Crippen molar-refractivity contribution in [3.05, 3.63) is 96.1 Å². The van der Waals surface area contributed by atoms with Gasteiger partial charge in [-0.2, -0.15) is 0 Å². The maximum atomic E-state index is 9.73. The highest BCUT2D eigenvalue weighted by Crippen LogP contribution is 2.41. The molecule has 0 amide bonds. The zero-order valence-electron chi connectivity index (χ0n) is 15.2. The third-order valence-electron chi connectivity index (χ3n) is 5.25. The summed E-state index contributed by atoms with van der Waals surface area (Å²) < 4.78 is 5.83. The van der Waals surface area contributed by atoms with Gasteiger partial charge in [0.05, 0.1) is 5.69 Å². The van der Waals surface area contributed by atoms with Crippen LogP contribution in [0.15, 0.2) is 84.9 Å². The van der Waals surface area contributed by atoms with Crippen LogP contribution in [0.1, 0.15) is 11.1 Å². The molecule has 0 aliphatic heterocycles. The van der Waals surface area contributed by atoms with Gasteiger partial charge in [0, 0.05) is 6.07 Å². The number of hydrogen-bond donors (Lipinski definition) is 2. The lowest BCUT2D eigenvalue weighted by Crippen LogP contribution is -1.90. The minimum absolute atomic E-state index is 0.0218. The Kier molecular flexibility index (Phi) is 3.80. The fourth-order valence-corrected chi connectivity index (χ4v) is 3.85. The Bertz CT molecular complexity index is 1180. The van der Waals surface area contributed by atoms with Crippen molar-refractivity contribution in [1.29, 1.82) is 0 Å². The number of phenols is 1. The SMILES string of the molecule is Nc1ccc(Oc2ccc(-c3cccc4c3Cc3ccccc3-4)cc2)cc1O. The molecule has 0 fully saturated rings. The summed E-state index contributed by atoms with van der Waals surface area (Å²) in [4.78, 5) is 0. The van der Waals surface area contributed by atoms with E-state index in [1.165, 1.54) is 33.9 Å². The zero-order chi connectivity index (χ0) is 19.1. The van der Waals surface area contributed by atoms with Crippen molar-refractivity contribution in [2.24, 2.45) is 0 Å². The number of ether oxygens (including phenoxy) is 1. The summed E-state index contributed by atoms with van der Waals surface area (Å²) >= 11 is 0. The molecule has 0 saturated carbocycles. The van der Waals surface area contributed by atoms with Crippen LogP contribution in [0.25, 0.3) is 22.3 Å². The molecule has 0 radical (unpaired) electrons. The predicted molar refractivity (Wildman–Crippen MR) is 113 cm³/mol. The Balaban J connectivity index is 1.45. The van der Waals surface area contributed by atoms with Crippen molar-refractivity contribution in [3.63, 3.8) is 0 Å². The number of anilines is 1. The molecule has 3 nitrogen and oxygen atoms in total. The van der Waals surface area contributed by atoms with Gasteiger partial charge in [0.1, 0.15) is 17.2 Å². The summed E-state index contributed by atoms with van der Waals surface area (Å²) in [6.45, 7) is 0. The van der Waals surface area contributed by atoms with Crippen molar-refractivity contribution in [2.45, 2.75) is 6.42 Å². The highest BCUT2D eigenvalue weighted by atomic mass is 16.5. The number of phenolic OH excluding ortho intramolecular Hbond substituents is 1. The first-order valence-corrected chi connectivity index (χ1v) is 9.26. The standard InChI is InChI=1S/C25H19NO2/c26-24-13-12-19(15-25(24)27)28-18-10-8-16(9-11-18)20-6-3-7-22-21-5-2-1-4-17(21)14-23(20)22/h1-13,15,27H,14,26H2. The number of benzene rings is 4. The molecule has 1 aliphatic rings. The maximum absolute atomic E-state index is 9.73. The molecule has 0 atom stereocenters. The minimum atomic E-state index is 0.0218. The molecule has 3 heteroatoms. The van der Waals surface area contributed by atoms with E-state index in [0.29, 0.717) is 17.2 Å². The van der Waals surface area contributed by atoms with Crippen LogP contribution in [0.2, 0.25) is 0 Å². The molecule has 0 aromatic heterocycles. The fourth-order valence-electron chi connectivity index (χ4n) is 3.85. The monoisotopic (exact) mass is 365 g/mol. The molecule has 28 heavy (non-hydrogen) atoms. The van der Waals surface area contributed by atoms with Crippen LogP contribution in [0.5, 0.6) is 17.2 Å². The van der Waals surface area contributed by atoms with E-state index in [0.717, 1.165) is 12.0 Å². The lowest BCUT2D eigenvalue weighted by molar-refractivity contribution is 0.457. The average molecular weight is 365 g/mol. The number of nitrogens with two attached hydrogens (primary N) is 1. The molecule has 0 spiro atoms. The van der Waals surface area contributed by atoms with Gasteiger partial charge in [0.15, 0.2) is 0 Å². The van der Waals surface area contributed by atoms with E-state index in [9.17, 15) is 5.11 Å². The van der Waals surface area contributed by atoms with E-state index >= 15 is 0 Å². The van der Waals surface area contributed by atoms with Gasteiger partial charge in [0.2, 0.25) is 0 Å². The van der Waals surface area contributed by atoms with Crippen molar-refractivity contribution in [2.75, 3.05) is 5.73 Å². The highest BCUT2D eigenvalue weighted by molar-refractivity contribution is 5.84. The number of aromatic hydroxyl groups is 1. The molecule has 0 heterocycles. The molecule has 1 aliphatic carbocycles. The van der Waals surface area contributed by atoms with Crippen LogP contribution in [0, 0.1) is 0 Å². The fraction of sp³-hybridized carbons (Fsp3) is 0.0400. The quantitative estimate of drug-likeness (QED) is 0.304. The van der Waals surface area contributed by atoms with Gasteiger partial charge in [-0.3, -0.25) is 0 Å². The Morgan fingerprint density at radius 3 is 2.25 bits per heavy atom. The average Bonchev–Trinajstić information content (AvgIpc) is 3.10. The van der Waals surface area contributed by atoms with Gasteiger partial charge in [-0.1, -0.05) is 54.6 Å². The summed E-state index contributed by atoms with van der Waals surface area (Å²) in [7, 11) is 0. The minimum Gasteiger partial charge on any atom is -0.506 e. The smallest absolute Gasteiger partial charge is 0.142 e. The number of rotatable bonds is 3. The normalized spacial score (nSPS) is 11.7. The van der Waals surface area contributed by atoms with Gasteiger partial charge < -0.3 is 15.6 Å². The third-order valence-corrected chi connectivity index (χ3v) is 5.25. The van der Waals surface area contributed by atoms with Gasteiger partial charge >= 0.3 is 0 Å². The van der Waals surface area contributed by atoms with E-state index in [1.807, 2.05) is 12.1 Å². The van der Waals surface area contributed by atoms with Gasteiger partial charge in [-0.25, -0.2) is 0 Å². The number of hydrogen-bond acceptors (Lipinski definition) is 3. The first-order chi connectivity index (χ1) is 13.7. The summed E-state index contributed by atoms with van der Waals surface area (Å²) in [6, 6.07) is 28.0. The molecule has 5 rings (SSSR count). The van der Waals surface area contributed by atoms with Crippen LogP contribution in [0.3, 0.4) is 0 Å². The molecular formula is C25H19NO2. The molecule has 0 bridgehead atoms. The van der Waals surface area contributed by atoms with E-state index in [4.69, 9.17) is 10.5 Å². The predicted octanol–water partition coefficient (Wildman–Crippen LogP) is 6.00. The lowest BCUT2D eigenvalue weighted by Gasteiger charge is -2.11. The van der Waals surface area contributed by atoms with Crippen LogP contribution < -0.4 is 10.5 Å². The van der Waals surface area contributed by atoms with Crippen LogP contribution in [-0.2, 0) is 6.42 Å². The zero-order valence-corrected chi connectivity index (χ0v) is 15.2. The van der Waals surface area contributed by atoms with Crippen molar-refractivity contribution >= 4 is 5.69 Å². The second-order valence-corrected chi connectivity index (χ2v) is 7.01. The summed E-state index contributed by atoms with van der Waals surface area (Å²) in [5.74, 6) is 1.29. The van der Waals surface area contributed by atoms with Gasteiger partial charge in [0.25, 0.3) is 0 Å². The van der Waals surface area contributed by atoms with Crippen LogP contribution in [-0.4, -0.2) is 5.11 Å². The Morgan fingerprint density at radius 2 is 1.43 bits per heavy atom. The Labute approximate surface area is 163 Å². The molecule has 4 aromatic carbocycles. The molecule has 3 N–H and O–H groups in total. The maximum Gasteiger partial charge on any atom is 0.142 e. The van der Waals surface area contributed by atoms with Gasteiger partial charge in [-0.05, 0) is 64.1 Å². The molecule has 4 aromatic rings. The van der Waals surface area contributed by atoms with E-state index in [-0.39, 0.29) is 5.75 Å². The summed E-state index contributed by atoms with van der Waals surface area (Å²) in [5.41, 5.74) is 13.8. The molecular weight excluding hydrogens is 346 g/mol. The number of fused-ring (bicyclic) bond motifs is 3. The first-order valence-electron chi connectivity index (χ1n) is 9.26. The summed E-state index contributed by atoms with van der Waals surface area (Å²) in [6.07, 6.45) is 0.963. The topological polar surface area (TPSA) is 55.5 Å². The van der Waals surface area contributed by atoms with Crippen molar-refractivity contribution in [3.8, 4) is 39.5 Å². The Hall–Kier alpha value is -3.72. The van der Waals surface area contributed by atoms with Gasteiger partial charge in [-0.15, -0.1) is 0 Å². The van der Waals surface area contributed by atoms with Crippen molar-refractivity contribution < 1.29 is 9.84 Å². The summed E-state index contributed by atoms with van der Waals surface area (Å²) in [5, 5.41) is 9.73. The second-order valence-electron chi connectivity index (χ2n) is 7.01. The highest BCUT2D eigenvalue weighted by Gasteiger charge is 2.20. The third kappa shape index (κ3) is 2.78. The Morgan fingerprint density at radius 1 is 0.714 bits per heavy atom. The van der Waals surface area contributed by atoms with Crippen molar-refractivity contribution in [1.82, 2.24) is 0 Å². The lowest BCUT2D eigenvalue weighted by atomic mass is 9.96. The molecule has 0 unspecified atom stereocenters. The van der Waals surface area contributed by atoms with E-state index in [2.05, 4.69) is 54.6 Å². The molecule has 136 valence electrons. The first kappa shape index (κ1) is 16.5. The van der Waals surface area contributed by atoms with E-state index in [1.54, 1.807) is 12.1 Å². The second kappa shape index (κ2) is 6.46. The largest absolute Gasteiger partial charge is 0.506 e.